The average molecular weight is 314 g/mol. The monoisotopic (exact) mass is 313 g/mol. The zero-order chi connectivity index (χ0) is 13.1. The molecule has 1 fully saturated rings. The minimum Gasteiger partial charge on any atom is -0.396 e. The third-order valence-corrected chi connectivity index (χ3v) is 4.25. The van der Waals surface area contributed by atoms with E-state index in [1.165, 1.54) is 5.69 Å². The largest absolute Gasteiger partial charge is 0.396 e. The summed E-state index contributed by atoms with van der Waals surface area (Å²) in [6.45, 7) is 4.10. The Morgan fingerprint density at radius 2 is 2.28 bits per heavy atom. The van der Waals surface area contributed by atoms with Crippen molar-refractivity contribution in [2.75, 3.05) is 24.6 Å². The summed E-state index contributed by atoms with van der Waals surface area (Å²) in [5, 5.41) is 18.5. The van der Waals surface area contributed by atoms with Gasteiger partial charge in [0.05, 0.1) is 11.8 Å². The zero-order valence-electron chi connectivity index (χ0n) is 10.6. The second kappa shape index (κ2) is 6.04. The van der Waals surface area contributed by atoms with Crippen LogP contribution in [0.15, 0.2) is 22.7 Å². The second-order valence-corrected chi connectivity index (χ2v) is 5.85. The molecule has 0 saturated carbocycles. The molecular weight excluding hydrogens is 294 g/mol. The van der Waals surface area contributed by atoms with Gasteiger partial charge in [0, 0.05) is 24.2 Å². The van der Waals surface area contributed by atoms with E-state index >= 15 is 0 Å². The molecule has 2 N–H and O–H groups in total. The van der Waals surface area contributed by atoms with Crippen LogP contribution in [-0.2, 0) is 0 Å². The highest BCUT2D eigenvalue weighted by Gasteiger charge is 2.23. The maximum absolute atomic E-state index is 9.55. The van der Waals surface area contributed by atoms with Crippen molar-refractivity contribution in [3.8, 4) is 0 Å². The summed E-state index contributed by atoms with van der Waals surface area (Å²) in [5.41, 5.74) is 2.11. The number of aliphatic hydroxyl groups is 2. The molecule has 0 radical (unpaired) electrons. The number of hydrogen-bond acceptors (Lipinski definition) is 3. The number of aliphatic hydroxyl groups excluding tert-OH is 2. The van der Waals surface area contributed by atoms with E-state index in [1.54, 1.807) is 6.92 Å². The number of halogens is 1. The van der Waals surface area contributed by atoms with Gasteiger partial charge in [-0.15, -0.1) is 0 Å². The second-order valence-electron chi connectivity index (χ2n) is 5.00. The molecule has 1 saturated heterocycles. The van der Waals surface area contributed by atoms with Gasteiger partial charge < -0.3 is 15.1 Å². The van der Waals surface area contributed by atoms with Gasteiger partial charge in [0.2, 0.25) is 0 Å². The zero-order valence-corrected chi connectivity index (χ0v) is 12.2. The maximum atomic E-state index is 9.55. The van der Waals surface area contributed by atoms with E-state index in [1.807, 2.05) is 12.1 Å². The summed E-state index contributed by atoms with van der Waals surface area (Å²) in [4.78, 5) is 2.34. The first-order valence-electron chi connectivity index (χ1n) is 6.45. The van der Waals surface area contributed by atoms with E-state index < -0.39 is 6.10 Å². The molecule has 0 bridgehead atoms. The SMILES string of the molecule is C[C@@H](O)c1ccc(N2CCC(CCO)C2)c(Br)c1. The first kappa shape index (κ1) is 13.8. The van der Waals surface area contributed by atoms with Gasteiger partial charge in [-0.1, -0.05) is 6.07 Å². The average Bonchev–Trinajstić information content (AvgIpc) is 2.77. The lowest BCUT2D eigenvalue weighted by Gasteiger charge is -2.21. The van der Waals surface area contributed by atoms with E-state index in [9.17, 15) is 5.11 Å². The van der Waals surface area contributed by atoms with Crippen molar-refractivity contribution < 1.29 is 10.2 Å². The number of nitrogens with zero attached hydrogens (tertiary/aromatic N) is 1. The molecule has 1 aromatic carbocycles. The Bertz CT molecular complexity index is 409. The van der Waals surface area contributed by atoms with Crippen LogP contribution >= 0.6 is 15.9 Å². The molecule has 4 heteroatoms. The molecule has 0 amide bonds. The van der Waals surface area contributed by atoms with Crippen LogP contribution in [0.4, 0.5) is 5.69 Å². The van der Waals surface area contributed by atoms with Gasteiger partial charge in [-0.05, 0) is 59.3 Å². The molecule has 3 nitrogen and oxygen atoms in total. The van der Waals surface area contributed by atoms with Crippen molar-refractivity contribution in [3.63, 3.8) is 0 Å². The van der Waals surface area contributed by atoms with E-state index in [0.29, 0.717) is 5.92 Å². The highest BCUT2D eigenvalue weighted by molar-refractivity contribution is 9.10. The summed E-state index contributed by atoms with van der Waals surface area (Å²) in [6.07, 6.45) is 1.60. The number of benzene rings is 1. The van der Waals surface area contributed by atoms with Crippen LogP contribution in [0.25, 0.3) is 0 Å². The molecular formula is C14H20BrNO2. The Morgan fingerprint density at radius 1 is 1.50 bits per heavy atom. The maximum Gasteiger partial charge on any atom is 0.0762 e. The number of anilines is 1. The van der Waals surface area contributed by atoms with Crippen LogP contribution in [0.3, 0.4) is 0 Å². The Balaban J connectivity index is 2.10. The normalized spacial score (nSPS) is 21.3. The van der Waals surface area contributed by atoms with Crippen LogP contribution in [-0.4, -0.2) is 29.9 Å². The highest BCUT2D eigenvalue weighted by Crippen LogP contribution is 2.33. The van der Waals surface area contributed by atoms with Crippen molar-refractivity contribution in [2.24, 2.45) is 5.92 Å². The summed E-state index contributed by atoms with van der Waals surface area (Å²) >= 11 is 3.58. The predicted octanol–water partition coefficient (Wildman–Crippen LogP) is 2.71. The first-order valence-corrected chi connectivity index (χ1v) is 7.24. The standard InChI is InChI=1S/C14H20BrNO2/c1-10(18)12-2-3-14(13(15)8-12)16-6-4-11(9-16)5-7-17/h2-3,8,10-11,17-18H,4-7,9H2,1H3/t10-,11?/m1/s1. The minimum atomic E-state index is -0.434. The molecule has 1 aliphatic heterocycles. The molecule has 100 valence electrons. The molecule has 1 unspecified atom stereocenters. The van der Waals surface area contributed by atoms with Gasteiger partial charge in [0.25, 0.3) is 0 Å². The van der Waals surface area contributed by atoms with Gasteiger partial charge in [-0.3, -0.25) is 0 Å². The smallest absolute Gasteiger partial charge is 0.0762 e. The van der Waals surface area contributed by atoms with Crippen molar-refractivity contribution in [1.29, 1.82) is 0 Å². The Labute approximate surface area is 117 Å². The fourth-order valence-corrected chi connectivity index (χ4v) is 3.16. The lowest BCUT2D eigenvalue weighted by Crippen LogP contribution is -2.20. The van der Waals surface area contributed by atoms with Crippen LogP contribution in [0.5, 0.6) is 0 Å². The van der Waals surface area contributed by atoms with Gasteiger partial charge in [0.15, 0.2) is 0 Å². The lowest BCUT2D eigenvalue weighted by atomic mass is 10.1. The fraction of sp³-hybridized carbons (Fsp3) is 0.571. The molecule has 2 rings (SSSR count). The van der Waals surface area contributed by atoms with E-state index in [2.05, 4.69) is 26.9 Å². The van der Waals surface area contributed by atoms with E-state index in [4.69, 9.17) is 5.11 Å². The molecule has 0 aromatic heterocycles. The van der Waals surface area contributed by atoms with Crippen LogP contribution in [0, 0.1) is 5.92 Å². The minimum absolute atomic E-state index is 0.278. The van der Waals surface area contributed by atoms with Gasteiger partial charge in [-0.25, -0.2) is 0 Å². The molecule has 18 heavy (non-hydrogen) atoms. The third kappa shape index (κ3) is 3.05. The molecule has 0 spiro atoms. The summed E-state index contributed by atoms with van der Waals surface area (Å²) < 4.78 is 1.03. The number of rotatable bonds is 4. The predicted molar refractivity (Wildman–Crippen MR) is 76.8 cm³/mol. The molecule has 1 aromatic rings. The van der Waals surface area contributed by atoms with Crippen molar-refractivity contribution in [2.45, 2.75) is 25.9 Å². The molecule has 1 aliphatic rings. The van der Waals surface area contributed by atoms with Crippen LogP contribution in [0.1, 0.15) is 31.4 Å². The van der Waals surface area contributed by atoms with E-state index in [0.717, 1.165) is 36.0 Å². The molecule has 1 heterocycles. The Kier molecular flexibility index (Phi) is 4.65. The third-order valence-electron chi connectivity index (χ3n) is 3.62. The molecule has 0 aliphatic carbocycles. The number of hydrogen-bond donors (Lipinski definition) is 2. The quantitative estimate of drug-likeness (QED) is 0.898. The van der Waals surface area contributed by atoms with Gasteiger partial charge in [-0.2, -0.15) is 0 Å². The Morgan fingerprint density at radius 3 is 2.89 bits per heavy atom. The summed E-state index contributed by atoms with van der Waals surface area (Å²) in [6, 6.07) is 6.02. The van der Waals surface area contributed by atoms with E-state index in [-0.39, 0.29) is 6.61 Å². The highest BCUT2D eigenvalue weighted by atomic mass is 79.9. The van der Waals surface area contributed by atoms with Crippen molar-refractivity contribution in [3.05, 3.63) is 28.2 Å². The van der Waals surface area contributed by atoms with Gasteiger partial charge >= 0.3 is 0 Å². The van der Waals surface area contributed by atoms with Crippen LogP contribution < -0.4 is 4.90 Å². The fourth-order valence-electron chi connectivity index (χ4n) is 2.51. The van der Waals surface area contributed by atoms with Crippen molar-refractivity contribution in [1.82, 2.24) is 0 Å². The first-order chi connectivity index (χ1) is 8.61. The van der Waals surface area contributed by atoms with Crippen molar-refractivity contribution >= 4 is 21.6 Å². The summed E-state index contributed by atoms with van der Waals surface area (Å²) in [5.74, 6) is 0.596. The topological polar surface area (TPSA) is 43.7 Å². The summed E-state index contributed by atoms with van der Waals surface area (Å²) in [7, 11) is 0. The Hall–Kier alpha value is -0.580. The molecule has 2 atom stereocenters. The van der Waals surface area contributed by atoms with Gasteiger partial charge in [0.1, 0.15) is 0 Å². The van der Waals surface area contributed by atoms with Crippen LogP contribution in [0.2, 0.25) is 0 Å². The lowest BCUT2D eigenvalue weighted by molar-refractivity contribution is 0.199.